The SMILES string of the molecule is CSc1ccc(NC(=O)C2CCN(c3ccc(F)c(F)c3)C2=O)cc1. The molecule has 0 aromatic heterocycles. The summed E-state index contributed by atoms with van der Waals surface area (Å²) in [7, 11) is 0. The van der Waals surface area contributed by atoms with Crippen molar-refractivity contribution in [3.8, 4) is 0 Å². The Morgan fingerprint density at radius 2 is 1.88 bits per heavy atom. The molecule has 25 heavy (non-hydrogen) atoms. The fourth-order valence-electron chi connectivity index (χ4n) is 2.74. The number of anilines is 2. The Balaban J connectivity index is 1.70. The molecule has 1 aliphatic rings. The molecule has 0 aliphatic carbocycles. The number of rotatable bonds is 4. The van der Waals surface area contributed by atoms with Crippen LogP contribution in [0.2, 0.25) is 0 Å². The lowest BCUT2D eigenvalue weighted by Crippen LogP contribution is -2.33. The molecule has 1 heterocycles. The predicted molar refractivity (Wildman–Crippen MR) is 93.7 cm³/mol. The summed E-state index contributed by atoms with van der Waals surface area (Å²) in [6.45, 7) is 0.285. The Bertz CT molecular complexity index is 811. The summed E-state index contributed by atoms with van der Waals surface area (Å²) in [4.78, 5) is 27.2. The van der Waals surface area contributed by atoms with E-state index < -0.39 is 29.4 Å². The first-order chi connectivity index (χ1) is 12.0. The molecule has 2 amide bonds. The number of halogens is 2. The number of hydrogen-bond acceptors (Lipinski definition) is 3. The highest BCUT2D eigenvalue weighted by Gasteiger charge is 2.37. The summed E-state index contributed by atoms with van der Waals surface area (Å²) in [5, 5.41) is 2.73. The van der Waals surface area contributed by atoms with E-state index in [9.17, 15) is 18.4 Å². The van der Waals surface area contributed by atoms with Crippen molar-refractivity contribution in [2.24, 2.45) is 5.92 Å². The third kappa shape index (κ3) is 3.66. The van der Waals surface area contributed by atoms with Crippen molar-refractivity contribution in [3.63, 3.8) is 0 Å². The minimum Gasteiger partial charge on any atom is -0.325 e. The van der Waals surface area contributed by atoms with Gasteiger partial charge in [0.05, 0.1) is 0 Å². The van der Waals surface area contributed by atoms with E-state index in [1.165, 1.54) is 11.0 Å². The lowest BCUT2D eigenvalue weighted by molar-refractivity contribution is -0.129. The summed E-state index contributed by atoms with van der Waals surface area (Å²) >= 11 is 1.59. The largest absolute Gasteiger partial charge is 0.325 e. The topological polar surface area (TPSA) is 49.4 Å². The molecule has 130 valence electrons. The molecule has 1 aliphatic heterocycles. The number of carbonyl (C=O) groups is 2. The molecule has 0 saturated carbocycles. The van der Waals surface area contributed by atoms with Gasteiger partial charge in [-0.15, -0.1) is 11.8 Å². The Labute approximate surface area is 148 Å². The van der Waals surface area contributed by atoms with Gasteiger partial charge in [-0.2, -0.15) is 0 Å². The fourth-order valence-corrected chi connectivity index (χ4v) is 3.14. The highest BCUT2D eigenvalue weighted by molar-refractivity contribution is 7.98. The van der Waals surface area contributed by atoms with E-state index in [0.717, 1.165) is 17.0 Å². The van der Waals surface area contributed by atoms with E-state index in [0.29, 0.717) is 12.1 Å². The van der Waals surface area contributed by atoms with Gasteiger partial charge in [-0.1, -0.05) is 0 Å². The molecule has 7 heteroatoms. The Kier molecular flexibility index (Phi) is 5.03. The van der Waals surface area contributed by atoms with Gasteiger partial charge < -0.3 is 10.2 Å². The Morgan fingerprint density at radius 1 is 1.16 bits per heavy atom. The van der Waals surface area contributed by atoms with Crippen LogP contribution in [0.3, 0.4) is 0 Å². The van der Waals surface area contributed by atoms with Crippen LogP contribution in [-0.4, -0.2) is 24.6 Å². The van der Waals surface area contributed by atoms with Gasteiger partial charge in [-0.25, -0.2) is 8.78 Å². The van der Waals surface area contributed by atoms with Gasteiger partial charge in [0.25, 0.3) is 0 Å². The molecule has 1 N–H and O–H groups in total. The normalized spacial score (nSPS) is 17.0. The van der Waals surface area contributed by atoms with Gasteiger partial charge in [0.1, 0.15) is 5.92 Å². The van der Waals surface area contributed by atoms with Crippen molar-refractivity contribution in [3.05, 3.63) is 54.1 Å². The Hall–Kier alpha value is -2.41. The minimum absolute atomic E-state index is 0.253. The summed E-state index contributed by atoms with van der Waals surface area (Å²) < 4.78 is 26.4. The molecule has 1 saturated heterocycles. The lowest BCUT2D eigenvalue weighted by atomic mass is 10.1. The molecule has 0 bridgehead atoms. The first-order valence-corrected chi connectivity index (χ1v) is 8.93. The van der Waals surface area contributed by atoms with Crippen molar-refractivity contribution in [1.29, 1.82) is 0 Å². The van der Waals surface area contributed by atoms with E-state index in [1.807, 2.05) is 18.4 Å². The summed E-state index contributed by atoms with van der Waals surface area (Å²) in [5.74, 6) is -3.64. The molecule has 0 radical (unpaired) electrons. The zero-order valence-corrected chi connectivity index (χ0v) is 14.3. The van der Waals surface area contributed by atoms with Crippen LogP contribution in [0.1, 0.15) is 6.42 Å². The van der Waals surface area contributed by atoms with Crippen molar-refractivity contribution in [1.82, 2.24) is 0 Å². The maximum Gasteiger partial charge on any atom is 0.239 e. The van der Waals surface area contributed by atoms with Gasteiger partial charge in [0.2, 0.25) is 11.8 Å². The van der Waals surface area contributed by atoms with Crippen LogP contribution in [0.4, 0.5) is 20.2 Å². The summed E-state index contributed by atoms with van der Waals surface area (Å²) in [6.07, 6.45) is 2.28. The van der Waals surface area contributed by atoms with Crippen LogP contribution < -0.4 is 10.2 Å². The number of hydrogen-bond donors (Lipinski definition) is 1. The Morgan fingerprint density at radius 3 is 2.52 bits per heavy atom. The third-order valence-electron chi connectivity index (χ3n) is 4.09. The van der Waals surface area contributed by atoms with E-state index in [1.54, 1.807) is 23.9 Å². The van der Waals surface area contributed by atoms with Crippen LogP contribution in [0.25, 0.3) is 0 Å². The van der Waals surface area contributed by atoms with Crippen LogP contribution in [-0.2, 0) is 9.59 Å². The lowest BCUT2D eigenvalue weighted by Gasteiger charge is -2.17. The van der Waals surface area contributed by atoms with Crippen LogP contribution >= 0.6 is 11.8 Å². The highest BCUT2D eigenvalue weighted by Crippen LogP contribution is 2.27. The van der Waals surface area contributed by atoms with Gasteiger partial charge >= 0.3 is 0 Å². The molecule has 4 nitrogen and oxygen atoms in total. The average Bonchev–Trinajstić information content (AvgIpc) is 2.99. The van der Waals surface area contributed by atoms with E-state index >= 15 is 0 Å². The second kappa shape index (κ2) is 7.23. The maximum absolute atomic E-state index is 13.4. The smallest absolute Gasteiger partial charge is 0.239 e. The number of nitrogens with one attached hydrogen (secondary N) is 1. The van der Waals surface area contributed by atoms with Crippen LogP contribution in [0.5, 0.6) is 0 Å². The van der Waals surface area contributed by atoms with Gasteiger partial charge in [-0.05, 0) is 49.1 Å². The van der Waals surface area contributed by atoms with Crippen molar-refractivity contribution in [2.45, 2.75) is 11.3 Å². The van der Waals surface area contributed by atoms with Gasteiger partial charge in [0.15, 0.2) is 11.6 Å². The van der Waals surface area contributed by atoms with E-state index in [-0.39, 0.29) is 12.2 Å². The van der Waals surface area contributed by atoms with Gasteiger partial charge in [-0.3, -0.25) is 9.59 Å². The average molecular weight is 362 g/mol. The van der Waals surface area contributed by atoms with E-state index in [2.05, 4.69) is 5.32 Å². The number of benzene rings is 2. The standard InChI is InChI=1S/C18H16F2N2O2S/c1-25-13-5-2-11(3-6-13)21-17(23)14-8-9-22(18(14)24)12-4-7-15(19)16(20)10-12/h2-7,10,14H,8-9H2,1H3,(H,21,23). The molecule has 2 aromatic carbocycles. The number of carbonyl (C=O) groups excluding carboxylic acids is 2. The molecule has 2 aromatic rings. The zero-order valence-electron chi connectivity index (χ0n) is 13.5. The molecule has 1 atom stereocenters. The molecule has 3 rings (SSSR count). The van der Waals surface area contributed by atoms with Crippen molar-refractivity contribution >= 4 is 35.0 Å². The zero-order chi connectivity index (χ0) is 18.0. The molecular weight excluding hydrogens is 346 g/mol. The second-order valence-electron chi connectivity index (χ2n) is 5.65. The van der Waals surface area contributed by atoms with Crippen molar-refractivity contribution in [2.75, 3.05) is 23.0 Å². The number of amides is 2. The van der Waals surface area contributed by atoms with Crippen LogP contribution in [0, 0.1) is 17.6 Å². The summed E-state index contributed by atoms with van der Waals surface area (Å²) in [6, 6.07) is 10.6. The molecule has 1 unspecified atom stereocenters. The fraction of sp³-hybridized carbons (Fsp3) is 0.222. The first kappa shape index (κ1) is 17.4. The first-order valence-electron chi connectivity index (χ1n) is 7.71. The highest BCUT2D eigenvalue weighted by atomic mass is 32.2. The molecular formula is C18H16F2N2O2S. The predicted octanol–water partition coefficient (Wildman–Crippen LogP) is 3.68. The molecule has 0 spiro atoms. The quantitative estimate of drug-likeness (QED) is 0.667. The maximum atomic E-state index is 13.4. The minimum atomic E-state index is -1.02. The molecule has 1 fully saturated rings. The third-order valence-corrected chi connectivity index (χ3v) is 4.84. The monoisotopic (exact) mass is 362 g/mol. The number of thioether (sulfide) groups is 1. The van der Waals surface area contributed by atoms with Crippen molar-refractivity contribution < 1.29 is 18.4 Å². The summed E-state index contributed by atoms with van der Waals surface area (Å²) in [5.41, 5.74) is 0.866. The van der Waals surface area contributed by atoms with E-state index in [4.69, 9.17) is 0 Å². The van der Waals surface area contributed by atoms with Crippen LogP contribution in [0.15, 0.2) is 47.4 Å². The second-order valence-corrected chi connectivity index (χ2v) is 6.53. The van der Waals surface area contributed by atoms with Gasteiger partial charge in [0, 0.05) is 28.9 Å². The number of nitrogens with zero attached hydrogens (tertiary/aromatic N) is 1.